The minimum absolute atomic E-state index is 0.00755. The molecule has 148 valence electrons. The Morgan fingerprint density at radius 2 is 1.52 bits per heavy atom. The standard InChI is InChI=1S/C24H24N2O3/c27-22(26-29)18-9-12-21(13-10-18)25-23(28)24(14-4-1-5-15-24)20-11-8-17-6-2-3-7-19(17)16-20/h2-3,6-13,16,29H,1,4-5,14-15H2,(H,25,28)(H,26,27). The van der Waals surface area contributed by atoms with Gasteiger partial charge in [0.05, 0.1) is 5.41 Å². The van der Waals surface area contributed by atoms with E-state index in [1.54, 1.807) is 29.7 Å². The number of nitrogens with one attached hydrogen (secondary N) is 2. The molecule has 1 saturated carbocycles. The Morgan fingerprint density at radius 3 is 2.21 bits per heavy atom. The van der Waals surface area contributed by atoms with E-state index in [-0.39, 0.29) is 5.91 Å². The van der Waals surface area contributed by atoms with Crippen LogP contribution in [-0.2, 0) is 10.2 Å². The largest absolute Gasteiger partial charge is 0.325 e. The summed E-state index contributed by atoms with van der Waals surface area (Å²) >= 11 is 0. The maximum Gasteiger partial charge on any atom is 0.274 e. The van der Waals surface area contributed by atoms with Gasteiger partial charge in [0.15, 0.2) is 0 Å². The highest BCUT2D eigenvalue weighted by atomic mass is 16.5. The molecule has 1 aliphatic rings. The van der Waals surface area contributed by atoms with Crippen LogP contribution in [0.25, 0.3) is 10.8 Å². The van der Waals surface area contributed by atoms with Gasteiger partial charge in [0.25, 0.3) is 5.91 Å². The Morgan fingerprint density at radius 1 is 0.828 bits per heavy atom. The number of rotatable bonds is 4. The Balaban J connectivity index is 1.65. The van der Waals surface area contributed by atoms with Gasteiger partial charge in [-0.05, 0) is 53.4 Å². The smallest absolute Gasteiger partial charge is 0.274 e. The number of amides is 2. The number of carbonyl (C=O) groups excluding carboxylic acids is 2. The number of fused-ring (bicyclic) bond motifs is 1. The van der Waals surface area contributed by atoms with Crippen LogP contribution in [0.3, 0.4) is 0 Å². The van der Waals surface area contributed by atoms with Gasteiger partial charge in [-0.3, -0.25) is 14.8 Å². The first-order valence-electron chi connectivity index (χ1n) is 9.98. The second-order valence-corrected chi connectivity index (χ2v) is 7.68. The molecule has 5 nitrogen and oxygen atoms in total. The first kappa shape index (κ1) is 19.2. The summed E-state index contributed by atoms with van der Waals surface area (Å²) < 4.78 is 0. The van der Waals surface area contributed by atoms with E-state index in [4.69, 9.17) is 5.21 Å². The van der Waals surface area contributed by atoms with Crippen molar-refractivity contribution in [3.8, 4) is 0 Å². The van der Waals surface area contributed by atoms with Crippen molar-refractivity contribution in [3.63, 3.8) is 0 Å². The van der Waals surface area contributed by atoms with Crippen LogP contribution >= 0.6 is 0 Å². The number of benzene rings is 3. The van der Waals surface area contributed by atoms with E-state index in [1.807, 2.05) is 12.1 Å². The van der Waals surface area contributed by atoms with Crippen molar-refractivity contribution < 1.29 is 14.8 Å². The molecule has 0 saturated heterocycles. The number of anilines is 1. The van der Waals surface area contributed by atoms with E-state index in [2.05, 4.69) is 35.6 Å². The van der Waals surface area contributed by atoms with E-state index < -0.39 is 11.3 Å². The van der Waals surface area contributed by atoms with Gasteiger partial charge in [0.2, 0.25) is 5.91 Å². The van der Waals surface area contributed by atoms with E-state index >= 15 is 0 Å². The molecule has 29 heavy (non-hydrogen) atoms. The van der Waals surface area contributed by atoms with Gasteiger partial charge in [0, 0.05) is 11.3 Å². The van der Waals surface area contributed by atoms with E-state index in [1.165, 1.54) is 5.39 Å². The van der Waals surface area contributed by atoms with Crippen LogP contribution in [-0.4, -0.2) is 17.0 Å². The monoisotopic (exact) mass is 388 g/mol. The zero-order chi connectivity index (χ0) is 20.3. The Kier molecular flexibility index (Phi) is 5.32. The van der Waals surface area contributed by atoms with Gasteiger partial charge < -0.3 is 5.32 Å². The van der Waals surface area contributed by atoms with Crippen molar-refractivity contribution in [2.24, 2.45) is 0 Å². The zero-order valence-electron chi connectivity index (χ0n) is 16.2. The quantitative estimate of drug-likeness (QED) is 0.444. The van der Waals surface area contributed by atoms with Crippen LogP contribution in [0.5, 0.6) is 0 Å². The van der Waals surface area contributed by atoms with Crippen molar-refractivity contribution >= 4 is 28.3 Å². The molecular formula is C24H24N2O3. The topological polar surface area (TPSA) is 78.4 Å². The van der Waals surface area contributed by atoms with Gasteiger partial charge in [-0.1, -0.05) is 61.7 Å². The van der Waals surface area contributed by atoms with Crippen molar-refractivity contribution in [2.75, 3.05) is 5.32 Å². The fourth-order valence-corrected chi connectivity index (χ4v) is 4.31. The molecule has 0 aliphatic heterocycles. The maximum atomic E-state index is 13.5. The number of hydrogen-bond acceptors (Lipinski definition) is 3. The molecule has 0 unspecified atom stereocenters. The summed E-state index contributed by atoms with van der Waals surface area (Å²) in [7, 11) is 0. The summed E-state index contributed by atoms with van der Waals surface area (Å²) in [5.41, 5.74) is 3.08. The van der Waals surface area contributed by atoms with Crippen molar-refractivity contribution in [1.29, 1.82) is 0 Å². The molecule has 1 aliphatic carbocycles. The Bertz CT molecular complexity index is 1040. The summed E-state index contributed by atoms with van der Waals surface area (Å²) in [5.74, 6) is -0.588. The van der Waals surface area contributed by atoms with Crippen LogP contribution in [0.1, 0.15) is 48.0 Å². The molecule has 0 bridgehead atoms. The first-order valence-corrected chi connectivity index (χ1v) is 9.98. The average molecular weight is 388 g/mol. The third kappa shape index (κ3) is 3.74. The SMILES string of the molecule is O=C(NO)c1ccc(NC(=O)C2(c3ccc4ccccc4c3)CCCCC2)cc1. The molecule has 5 heteroatoms. The highest BCUT2D eigenvalue weighted by molar-refractivity contribution is 6.00. The fourth-order valence-electron chi connectivity index (χ4n) is 4.31. The van der Waals surface area contributed by atoms with Crippen molar-refractivity contribution in [1.82, 2.24) is 5.48 Å². The molecule has 3 aromatic rings. The lowest BCUT2D eigenvalue weighted by Gasteiger charge is -2.36. The van der Waals surface area contributed by atoms with Gasteiger partial charge in [-0.25, -0.2) is 5.48 Å². The Hall–Kier alpha value is -3.18. The molecule has 3 N–H and O–H groups in total. The molecule has 0 spiro atoms. The molecule has 3 aromatic carbocycles. The minimum Gasteiger partial charge on any atom is -0.325 e. The molecule has 0 radical (unpaired) electrons. The molecule has 4 rings (SSSR count). The van der Waals surface area contributed by atoms with E-state index in [9.17, 15) is 9.59 Å². The van der Waals surface area contributed by atoms with Crippen LogP contribution in [0.15, 0.2) is 66.7 Å². The fraction of sp³-hybridized carbons (Fsp3) is 0.250. The lowest BCUT2D eigenvalue weighted by Crippen LogP contribution is -2.42. The van der Waals surface area contributed by atoms with Crippen LogP contribution < -0.4 is 10.8 Å². The minimum atomic E-state index is -0.581. The number of carbonyl (C=O) groups is 2. The van der Waals surface area contributed by atoms with Crippen molar-refractivity contribution in [2.45, 2.75) is 37.5 Å². The lowest BCUT2D eigenvalue weighted by molar-refractivity contribution is -0.122. The molecule has 0 aromatic heterocycles. The highest BCUT2D eigenvalue weighted by Crippen LogP contribution is 2.41. The maximum absolute atomic E-state index is 13.5. The van der Waals surface area contributed by atoms with E-state index in [0.29, 0.717) is 11.3 Å². The summed E-state index contributed by atoms with van der Waals surface area (Å²) in [6.45, 7) is 0. The first-order chi connectivity index (χ1) is 14.1. The second-order valence-electron chi connectivity index (χ2n) is 7.68. The zero-order valence-corrected chi connectivity index (χ0v) is 16.2. The summed E-state index contributed by atoms with van der Waals surface area (Å²) in [4.78, 5) is 25.0. The number of hydroxylamine groups is 1. The van der Waals surface area contributed by atoms with Gasteiger partial charge >= 0.3 is 0 Å². The van der Waals surface area contributed by atoms with Crippen molar-refractivity contribution in [3.05, 3.63) is 77.9 Å². The van der Waals surface area contributed by atoms with Crippen LogP contribution in [0, 0.1) is 0 Å². The average Bonchev–Trinajstić information content (AvgIpc) is 2.79. The molecular weight excluding hydrogens is 364 g/mol. The third-order valence-electron chi connectivity index (χ3n) is 5.95. The summed E-state index contributed by atoms with van der Waals surface area (Å²) in [6, 6.07) is 21.0. The highest BCUT2D eigenvalue weighted by Gasteiger charge is 2.41. The number of hydrogen-bond donors (Lipinski definition) is 3. The van der Waals surface area contributed by atoms with Gasteiger partial charge in [-0.2, -0.15) is 0 Å². The van der Waals surface area contributed by atoms with E-state index in [0.717, 1.165) is 43.1 Å². The van der Waals surface area contributed by atoms with Gasteiger partial charge in [0.1, 0.15) is 0 Å². The normalized spacial score (nSPS) is 15.6. The molecule has 0 atom stereocenters. The molecule has 1 fully saturated rings. The third-order valence-corrected chi connectivity index (χ3v) is 5.95. The van der Waals surface area contributed by atoms with Gasteiger partial charge in [-0.15, -0.1) is 0 Å². The lowest BCUT2D eigenvalue weighted by atomic mass is 9.68. The molecule has 2 amide bonds. The Labute approximate surface area is 169 Å². The second kappa shape index (κ2) is 8.05. The summed E-state index contributed by atoms with van der Waals surface area (Å²) in [6.07, 6.45) is 4.84. The molecule has 0 heterocycles. The summed E-state index contributed by atoms with van der Waals surface area (Å²) in [5, 5.41) is 14.1. The predicted octanol–water partition coefficient (Wildman–Crippen LogP) is 4.80. The predicted molar refractivity (Wildman–Crippen MR) is 113 cm³/mol. The van der Waals surface area contributed by atoms with Crippen LogP contribution in [0.4, 0.5) is 5.69 Å². The van der Waals surface area contributed by atoms with Crippen LogP contribution in [0.2, 0.25) is 0 Å².